The van der Waals surface area contributed by atoms with E-state index in [1.54, 1.807) is 0 Å². The van der Waals surface area contributed by atoms with Crippen LogP contribution in [0.3, 0.4) is 0 Å². The maximum absolute atomic E-state index is 6.46. The average Bonchev–Trinajstić information content (AvgIpc) is 2.57. The van der Waals surface area contributed by atoms with Gasteiger partial charge >= 0.3 is 0 Å². The predicted octanol–water partition coefficient (Wildman–Crippen LogP) is 5.10. The first kappa shape index (κ1) is 14.9. The summed E-state index contributed by atoms with van der Waals surface area (Å²) in [6, 6.07) is 16.3. The van der Waals surface area contributed by atoms with Crippen LogP contribution in [0.25, 0.3) is 10.9 Å². The van der Waals surface area contributed by atoms with Crippen molar-refractivity contribution in [1.82, 2.24) is 9.88 Å². The highest BCUT2D eigenvalue weighted by molar-refractivity contribution is 6.32. The molecule has 1 aromatic heterocycles. The number of hydrogen-bond donors (Lipinski definition) is 0. The van der Waals surface area contributed by atoms with Crippen LogP contribution in [-0.2, 0) is 19.5 Å². The molecule has 2 aromatic carbocycles. The van der Waals surface area contributed by atoms with Crippen molar-refractivity contribution < 1.29 is 0 Å². The lowest BCUT2D eigenvalue weighted by Crippen LogP contribution is -2.30. The monoisotopic (exact) mass is 342 g/mol. The largest absolute Gasteiger partial charge is 0.294 e. The van der Waals surface area contributed by atoms with Gasteiger partial charge in [-0.15, -0.1) is 0 Å². The smallest absolute Gasteiger partial charge is 0.134 e. The molecule has 3 aromatic rings. The van der Waals surface area contributed by atoms with E-state index in [4.69, 9.17) is 23.2 Å². The molecular formula is C19H16Cl2N2. The highest BCUT2D eigenvalue weighted by atomic mass is 35.5. The fourth-order valence-electron chi connectivity index (χ4n) is 3.30. The minimum absolute atomic E-state index is 0.618. The molecule has 2 heterocycles. The summed E-state index contributed by atoms with van der Waals surface area (Å²) in [7, 11) is 0. The number of fused-ring (bicyclic) bond motifs is 3. The van der Waals surface area contributed by atoms with Crippen LogP contribution in [0.2, 0.25) is 10.2 Å². The number of rotatable bonds is 2. The summed E-state index contributed by atoms with van der Waals surface area (Å²) in [5.41, 5.74) is 4.69. The standard InChI is InChI=1S/C19H16Cl2N2/c20-14-6-7-18-16(10-14)15-8-9-23(12-17(15)19(21)22-18)11-13-4-2-1-3-5-13/h1-7,10H,8-9,11-12H2. The van der Waals surface area contributed by atoms with Crippen LogP contribution in [0.1, 0.15) is 16.7 Å². The van der Waals surface area contributed by atoms with E-state index in [-0.39, 0.29) is 0 Å². The topological polar surface area (TPSA) is 16.1 Å². The summed E-state index contributed by atoms with van der Waals surface area (Å²) in [5.74, 6) is 0. The molecule has 0 amide bonds. The Bertz CT molecular complexity index is 862. The van der Waals surface area contributed by atoms with Gasteiger partial charge in [0.1, 0.15) is 5.15 Å². The van der Waals surface area contributed by atoms with Gasteiger partial charge in [-0.3, -0.25) is 4.90 Å². The van der Waals surface area contributed by atoms with Gasteiger partial charge < -0.3 is 0 Å². The van der Waals surface area contributed by atoms with Gasteiger partial charge in [0.15, 0.2) is 0 Å². The van der Waals surface area contributed by atoms with Crippen molar-refractivity contribution in [3.63, 3.8) is 0 Å². The highest BCUT2D eigenvalue weighted by Crippen LogP contribution is 2.32. The molecule has 116 valence electrons. The maximum Gasteiger partial charge on any atom is 0.134 e. The number of hydrogen-bond acceptors (Lipinski definition) is 2. The molecule has 0 N–H and O–H groups in total. The third-order valence-corrected chi connectivity index (χ3v) is 4.97. The minimum Gasteiger partial charge on any atom is -0.294 e. The van der Waals surface area contributed by atoms with Gasteiger partial charge in [-0.05, 0) is 35.7 Å². The van der Waals surface area contributed by atoms with Crippen LogP contribution in [0, 0.1) is 0 Å². The molecule has 2 nitrogen and oxygen atoms in total. The molecule has 0 spiro atoms. The first-order valence-electron chi connectivity index (χ1n) is 7.73. The number of halogens is 2. The van der Waals surface area contributed by atoms with E-state index in [1.807, 2.05) is 24.3 Å². The van der Waals surface area contributed by atoms with E-state index in [0.717, 1.165) is 47.5 Å². The van der Waals surface area contributed by atoms with E-state index in [2.05, 4.69) is 34.1 Å². The van der Waals surface area contributed by atoms with Crippen LogP contribution in [0.15, 0.2) is 48.5 Å². The summed E-state index contributed by atoms with van der Waals surface area (Å²) in [5, 5.41) is 2.50. The summed E-state index contributed by atoms with van der Waals surface area (Å²) in [6.45, 7) is 2.78. The normalized spacial score (nSPS) is 14.9. The molecule has 0 aliphatic carbocycles. The van der Waals surface area contributed by atoms with E-state index >= 15 is 0 Å². The first-order chi connectivity index (χ1) is 11.2. The summed E-state index contributed by atoms with van der Waals surface area (Å²) >= 11 is 12.6. The molecule has 0 saturated heterocycles. The SMILES string of the molecule is Clc1ccc2nc(Cl)c3c(c2c1)CCN(Cc1ccccc1)C3. The van der Waals surface area contributed by atoms with E-state index in [1.165, 1.54) is 11.1 Å². The van der Waals surface area contributed by atoms with Crippen LogP contribution >= 0.6 is 23.2 Å². The summed E-state index contributed by atoms with van der Waals surface area (Å²) in [6.07, 6.45) is 0.973. The van der Waals surface area contributed by atoms with Crippen LogP contribution < -0.4 is 0 Å². The molecule has 4 rings (SSSR count). The molecule has 23 heavy (non-hydrogen) atoms. The molecule has 1 aliphatic rings. The average molecular weight is 343 g/mol. The van der Waals surface area contributed by atoms with Crippen molar-refractivity contribution in [3.05, 3.63) is 75.4 Å². The van der Waals surface area contributed by atoms with Gasteiger partial charge in [0.05, 0.1) is 5.52 Å². The van der Waals surface area contributed by atoms with Crippen molar-refractivity contribution in [1.29, 1.82) is 0 Å². The zero-order chi connectivity index (χ0) is 15.8. The van der Waals surface area contributed by atoms with Gasteiger partial charge in [0.2, 0.25) is 0 Å². The zero-order valence-electron chi connectivity index (χ0n) is 12.6. The summed E-state index contributed by atoms with van der Waals surface area (Å²) in [4.78, 5) is 6.97. The molecule has 0 fully saturated rings. The lowest BCUT2D eigenvalue weighted by molar-refractivity contribution is 0.246. The summed E-state index contributed by atoms with van der Waals surface area (Å²) < 4.78 is 0. The molecule has 0 radical (unpaired) electrons. The van der Waals surface area contributed by atoms with Gasteiger partial charge in [-0.1, -0.05) is 53.5 Å². The Morgan fingerprint density at radius 3 is 2.65 bits per heavy atom. The van der Waals surface area contributed by atoms with Crippen molar-refractivity contribution in [2.24, 2.45) is 0 Å². The number of aromatic nitrogens is 1. The van der Waals surface area contributed by atoms with Gasteiger partial charge in [-0.2, -0.15) is 0 Å². The maximum atomic E-state index is 6.46. The van der Waals surface area contributed by atoms with Gasteiger partial charge in [0.25, 0.3) is 0 Å². The van der Waals surface area contributed by atoms with Crippen LogP contribution in [0.4, 0.5) is 0 Å². The van der Waals surface area contributed by atoms with Crippen molar-refractivity contribution in [2.75, 3.05) is 6.54 Å². The molecule has 1 aliphatic heterocycles. The van der Waals surface area contributed by atoms with Gasteiger partial charge in [-0.25, -0.2) is 4.98 Å². The number of benzene rings is 2. The van der Waals surface area contributed by atoms with Crippen molar-refractivity contribution >= 4 is 34.1 Å². The number of pyridine rings is 1. The third-order valence-electron chi connectivity index (χ3n) is 4.42. The Kier molecular flexibility index (Phi) is 3.98. The Hall–Kier alpha value is -1.61. The Labute approximate surface area is 145 Å². The number of nitrogens with zero attached hydrogens (tertiary/aromatic N) is 2. The first-order valence-corrected chi connectivity index (χ1v) is 8.49. The van der Waals surface area contributed by atoms with Crippen LogP contribution in [-0.4, -0.2) is 16.4 Å². The fraction of sp³-hybridized carbons (Fsp3) is 0.211. The fourth-order valence-corrected chi connectivity index (χ4v) is 3.74. The van der Waals surface area contributed by atoms with Crippen molar-refractivity contribution in [3.8, 4) is 0 Å². The molecular weight excluding hydrogens is 327 g/mol. The Morgan fingerprint density at radius 2 is 1.83 bits per heavy atom. The molecule has 0 saturated carbocycles. The minimum atomic E-state index is 0.618. The van der Waals surface area contributed by atoms with E-state index in [0.29, 0.717) is 5.15 Å². The highest BCUT2D eigenvalue weighted by Gasteiger charge is 2.22. The van der Waals surface area contributed by atoms with Gasteiger partial charge in [0, 0.05) is 35.6 Å². The van der Waals surface area contributed by atoms with Crippen LogP contribution in [0.5, 0.6) is 0 Å². The molecule has 0 bridgehead atoms. The van der Waals surface area contributed by atoms with E-state index < -0.39 is 0 Å². The Morgan fingerprint density at radius 1 is 1.00 bits per heavy atom. The lowest BCUT2D eigenvalue weighted by atomic mass is 9.96. The second-order valence-electron chi connectivity index (χ2n) is 5.97. The molecule has 4 heteroatoms. The zero-order valence-corrected chi connectivity index (χ0v) is 14.1. The second kappa shape index (κ2) is 6.12. The Balaban J connectivity index is 1.69. The lowest BCUT2D eigenvalue weighted by Gasteiger charge is -2.30. The van der Waals surface area contributed by atoms with E-state index in [9.17, 15) is 0 Å². The molecule has 0 atom stereocenters. The third kappa shape index (κ3) is 2.94. The molecule has 0 unspecified atom stereocenters. The quantitative estimate of drug-likeness (QED) is 0.602. The predicted molar refractivity (Wildman–Crippen MR) is 96.0 cm³/mol. The van der Waals surface area contributed by atoms with Crippen molar-refractivity contribution in [2.45, 2.75) is 19.5 Å². The second-order valence-corrected chi connectivity index (χ2v) is 6.76.